The van der Waals surface area contributed by atoms with Crippen LogP contribution in [0, 0.1) is 10.1 Å². The lowest BCUT2D eigenvalue weighted by atomic mass is 10.1. The molecule has 27 heavy (non-hydrogen) atoms. The van der Waals surface area contributed by atoms with Crippen LogP contribution in [-0.4, -0.2) is 21.1 Å². The maximum atomic E-state index is 11.4. The van der Waals surface area contributed by atoms with E-state index in [1.807, 2.05) is 10.8 Å². The molecule has 1 aromatic carbocycles. The zero-order valence-electron chi connectivity index (χ0n) is 16.2. The fraction of sp³-hybridized carbons (Fsp3) is 0.381. The SMILES string of the molecule is CC(C)=CCC/C(C)=C/COC(Cn1ccnc1)c1ccccc1[N+](=O)[O-]. The van der Waals surface area contributed by atoms with Gasteiger partial charge in [0.25, 0.3) is 5.69 Å². The number of rotatable bonds is 10. The first-order valence-electron chi connectivity index (χ1n) is 9.07. The molecular formula is C21H27N3O3. The third kappa shape index (κ3) is 6.83. The molecule has 1 aromatic heterocycles. The molecule has 6 nitrogen and oxygen atoms in total. The van der Waals surface area contributed by atoms with Crippen LogP contribution in [0.15, 0.2) is 66.3 Å². The summed E-state index contributed by atoms with van der Waals surface area (Å²) in [6.45, 7) is 7.14. The Hall–Kier alpha value is -2.73. The molecule has 0 bridgehead atoms. The normalized spacial score (nSPS) is 12.6. The van der Waals surface area contributed by atoms with Crippen molar-refractivity contribution < 1.29 is 9.66 Å². The standard InChI is InChI=1S/C21H27N3O3/c1-17(2)7-6-8-18(3)11-14-27-21(15-23-13-12-22-16-23)19-9-4-5-10-20(19)24(25)26/h4-5,7,9-13,16,21H,6,8,14-15H2,1-3H3/b18-11+. The van der Waals surface area contributed by atoms with E-state index in [2.05, 4.69) is 37.9 Å². The Morgan fingerprint density at radius 1 is 1.30 bits per heavy atom. The van der Waals surface area contributed by atoms with Gasteiger partial charge < -0.3 is 9.30 Å². The van der Waals surface area contributed by atoms with Gasteiger partial charge >= 0.3 is 0 Å². The van der Waals surface area contributed by atoms with Gasteiger partial charge in [0.05, 0.1) is 30.0 Å². The number of nitro groups is 1. The summed E-state index contributed by atoms with van der Waals surface area (Å²) in [5.41, 5.74) is 3.21. The maximum Gasteiger partial charge on any atom is 0.275 e. The van der Waals surface area contributed by atoms with Crippen molar-refractivity contribution in [3.8, 4) is 0 Å². The second-order valence-corrected chi connectivity index (χ2v) is 6.77. The van der Waals surface area contributed by atoms with Crippen LogP contribution in [0.25, 0.3) is 0 Å². The Balaban J connectivity index is 2.10. The van der Waals surface area contributed by atoms with Gasteiger partial charge in [0.15, 0.2) is 0 Å². The zero-order valence-corrected chi connectivity index (χ0v) is 16.2. The average Bonchev–Trinajstić information content (AvgIpc) is 3.13. The van der Waals surface area contributed by atoms with Gasteiger partial charge in [-0.15, -0.1) is 0 Å². The van der Waals surface area contributed by atoms with E-state index in [4.69, 9.17) is 4.74 Å². The largest absolute Gasteiger partial charge is 0.367 e. The molecule has 1 heterocycles. The van der Waals surface area contributed by atoms with Gasteiger partial charge in [0.2, 0.25) is 0 Å². The molecule has 0 saturated carbocycles. The highest BCUT2D eigenvalue weighted by atomic mass is 16.6. The fourth-order valence-electron chi connectivity index (χ4n) is 2.75. The maximum absolute atomic E-state index is 11.4. The highest BCUT2D eigenvalue weighted by Gasteiger charge is 2.22. The second kappa shape index (κ2) is 10.4. The highest BCUT2D eigenvalue weighted by molar-refractivity contribution is 5.41. The molecule has 2 aromatic rings. The van der Waals surface area contributed by atoms with Crippen molar-refractivity contribution in [3.63, 3.8) is 0 Å². The minimum absolute atomic E-state index is 0.0758. The Labute approximate surface area is 160 Å². The van der Waals surface area contributed by atoms with Gasteiger partial charge in [-0.25, -0.2) is 4.98 Å². The lowest BCUT2D eigenvalue weighted by molar-refractivity contribution is -0.386. The van der Waals surface area contributed by atoms with Crippen LogP contribution in [-0.2, 0) is 11.3 Å². The molecule has 144 valence electrons. The molecule has 0 radical (unpaired) electrons. The van der Waals surface area contributed by atoms with E-state index in [1.54, 1.807) is 30.7 Å². The van der Waals surface area contributed by atoms with E-state index in [0.29, 0.717) is 18.7 Å². The molecule has 1 atom stereocenters. The lowest BCUT2D eigenvalue weighted by Gasteiger charge is -2.18. The molecule has 0 aliphatic heterocycles. The third-order valence-electron chi connectivity index (χ3n) is 4.24. The molecular weight excluding hydrogens is 342 g/mol. The van der Waals surface area contributed by atoms with Crippen LogP contribution in [0.2, 0.25) is 0 Å². The number of nitrogens with zero attached hydrogens (tertiary/aromatic N) is 3. The first-order chi connectivity index (χ1) is 13.0. The molecule has 0 fully saturated rings. The minimum Gasteiger partial charge on any atom is -0.367 e. The number of allylic oxidation sites excluding steroid dienone is 3. The van der Waals surface area contributed by atoms with Crippen LogP contribution in [0.1, 0.15) is 45.3 Å². The third-order valence-corrected chi connectivity index (χ3v) is 4.24. The van der Waals surface area contributed by atoms with E-state index >= 15 is 0 Å². The number of hydrogen-bond acceptors (Lipinski definition) is 4. The van der Waals surface area contributed by atoms with Crippen LogP contribution >= 0.6 is 0 Å². The summed E-state index contributed by atoms with van der Waals surface area (Å²) in [7, 11) is 0. The van der Waals surface area contributed by atoms with Crippen LogP contribution < -0.4 is 0 Å². The molecule has 2 rings (SSSR count). The molecule has 0 spiro atoms. The summed E-state index contributed by atoms with van der Waals surface area (Å²) in [6.07, 6.45) is 11.0. The summed E-state index contributed by atoms with van der Waals surface area (Å²) >= 11 is 0. The predicted molar refractivity (Wildman–Crippen MR) is 106 cm³/mol. The summed E-state index contributed by atoms with van der Waals surface area (Å²) in [5.74, 6) is 0. The van der Waals surface area contributed by atoms with Crippen molar-refractivity contribution in [1.82, 2.24) is 9.55 Å². The number of aromatic nitrogens is 2. The second-order valence-electron chi connectivity index (χ2n) is 6.77. The monoisotopic (exact) mass is 369 g/mol. The number of hydrogen-bond donors (Lipinski definition) is 0. The number of benzene rings is 1. The lowest BCUT2D eigenvalue weighted by Crippen LogP contribution is -2.14. The van der Waals surface area contributed by atoms with Crippen molar-refractivity contribution in [3.05, 3.63) is 82.0 Å². The smallest absolute Gasteiger partial charge is 0.275 e. The first kappa shape index (κ1) is 20.6. The Kier molecular flexibility index (Phi) is 7.95. The van der Waals surface area contributed by atoms with E-state index in [-0.39, 0.29) is 10.6 Å². The van der Waals surface area contributed by atoms with E-state index < -0.39 is 6.10 Å². The van der Waals surface area contributed by atoms with Gasteiger partial charge in [-0.05, 0) is 39.7 Å². The molecule has 0 saturated heterocycles. The molecule has 0 aliphatic rings. The molecule has 0 N–H and O–H groups in total. The number of para-hydroxylation sites is 1. The van der Waals surface area contributed by atoms with Crippen molar-refractivity contribution in [2.24, 2.45) is 0 Å². The summed E-state index contributed by atoms with van der Waals surface area (Å²) in [6, 6.07) is 6.74. The van der Waals surface area contributed by atoms with Gasteiger partial charge in [0, 0.05) is 18.5 Å². The van der Waals surface area contributed by atoms with Gasteiger partial charge in [-0.2, -0.15) is 0 Å². The fourth-order valence-corrected chi connectivity index (χ4v) is 2.75. The van der Waals surface area contributed by atoms with Gasteiger partial charge in [0.1, 0.15) is 6.10 Å². The topological polar surface area (TPSA) is 70.2 Å². The number of nitro benzene ring substituents is 1. The molecule has 0 amide bonds. The summed E-state index contributed by atoms with van der Waals surface area (Å²) < 4.78 is 7.91. The first-order valence-corrected chi connectivity index (χ1v) is 9.07. The minimum atomic E-state index is -0.428. The molecule has 0 aliphatic carbocycles. The molecule has 1 unspecified atom stereocenters. The summed E-state index contributed by atoms with van der Waals surface area (Å²) in [5, 5.41) is 11.4. The zero-order chi connectivity index (χ0) is 19.6. The van der Waals surface area contributed by atoms with E-state index in [1.165, 1.54) is 17.2 Å². The van der Waals surface area contributed by atoms with Crippen LogP contribution in [0.5, 0.6) is 0 Å². The molecule has 6 heteroatoms. The van der Waals surface area contributed by atoms with Crippen molar-refractivity contribution in [2.75, 3.05) is 6.61 Å². The van der Waals surface area contributed by atoms with Gasteiger partial charge in [-0.3, -0.25) is 10.1 Å². The van der Waals surface area contributed by atoms with Crippen molar-refractivity contribution in [1.29, 1.82) is 0 Å². The Morgan fingerprint density at radius 2 is 2.07 bits per heavy atom. The van der Waals surface area contributed by atoms with Gasteiger partial charge in [-0.1, -0.05) is 35.4 Å². The van der Waals surface area contributed by atoms with Crippen LogP contribution in [0.4, 0.5) is 5.69 Å². The van der Waals surface area contributed by atoms with Crippen LogP contribution in [0.3, 0.4) is 0 Å². The quantitative estimate of drug-likeness (QED) is 0.326. The summed E-state index contributed by atoms with van der Waals surface area (Å²) in [4.78, 5) is 15.1. The average molecular weight is 369 g/mol. The van der Waals surface area contributed by atoms with E-state index in [0.717, 1.165) is 12.8 Å². The number of ether oxygens (including phenoxy) is 1. The predicted octanol–water partition coefficient (Wildman–Crippen LogP) is 5.24. The van der Waals surface area contributed by atoms with Crippen molar-refractivity contribution in [2.45, 2.75) is 46.3 Å². The van der Waals surface area contributed by atoms with E-state index in [9.17, 15) is 10.1 Å². The number of imidazole rings is 1. The Bertz CT molecular complexity index is 791. The highest BCUT2D eigenvalue weighted by Crippen LogP contribution is 2.28. The van der Waals surface area contributed by atoms with Crippen molar-refractivity contribution >= 4 is 5.69 Å². The Morgan fingerprint density at radius 3 is 2.74 bits per heavy atom.